The molecule has 1 aliphatic rings. The molecule has 1 aliphatic carbocycles. The Kier molecular flexibility index (Phi) is 4.35. The van der Waals surface area contributed by atoms with Gasteiger partial charge in [-0.05, 0) is 45.7 Å². The Hall–Kier alpha value is -0.120. The summed E-state index contributed by atoms with van der Waals surface area (Å²) in [5, 5.41) is 9.00. The molecule has 3 N–H and O–H groups in total. The molecule has 1 unspecified atom stereocenters. The average Bonchev–Trinajstić information content (AvgIpc) is 2.08. The zero-order chi connectivity index (χ0) is 10.6. The largest absolute Gasteiger partial charge is 0.394 e. The van der Waals surface area contributed by atoms with E-state index < -0.39 is 5.54 Å². The van der Waals surface area contributed by atoms with Crippen LogP contribution < -0.4 is 5.73 Å². The van der Waals surface area contributed by atoms with Crippen molar-refractivity contribution in [3.8, 4) is 0 Å². The first kappa shape index (κ1) is 12.0. The van der Waals surface area contributed by atoms with E-state index in [1.54, 1.807) is 0 Å². The second-order valence-corrected chi connectivity index (χ2v) is 5.12. The summed E-state index contributed by atoms with van der Waals surface area (Å²) < 4.78 is 0. The minimum Gasteiger partial charge on any atom is -0.394 e. The van der Waals surface area contributed by atoms with Gasteiger partial charge in [-0.2, -0.15) is 0 Å². The van der Waals surface area contributed by atoms with E-state index >= 15 is 0 Å². The van der Waals surface area contributed by atoms with E-state index in [2.05, 4.69) is 11.9 Å². The Morgan fingerprint density at radius 1 is 1.50 bits per heavy atom. The minimum atomic E-state index is -0.409. The Morgan fingerprint density at radius 2 is 2.14 bits per heavy atom. The van der Waals surface area contributed by atoms with E-state index in [-0.39, 0.29) is 6.61 Å². The molecule has 0 aromatic rings. The van der Waals surface area contributed by atoms with Crippen LogP contribution in [-0.4, -0.2) is 42.3 Å². The highest BCUT2D eigenvalue weighted by Crippen LogP contribution is 2.26. The number of rotatable bonds is 6. The van der Waals surface area contributed by atoms with Gasteiger partial charge in [0.1, 0.15) is 0 Å². The predicted octanol–water partition coefficient (Wildman–Crippen LogP) is 0.818. The summed E-state index contributed by atoms with van der Waals surface area (Å²) in [4.78, 5) is 2.34. The number of hydrogen-bond donors (Lipinski definition) is 2. The Morgan fingerprint density at radius 3 is 2.57 bits per heavy atom. The lowest BCUT2D eigenvalue weighted by Crippen LogP contribution is -2.43. The molecule has 3 nitrogen and oxygen atoms in total. The minimum absolute atomic E-state index is 0.0737. The first-order chi connectivity index (χ1) is 6.53. The van der Waals surface area contributed by atoms with Crippen LogP contribution >= 0.6 is 0 Å². The average molecular weight is 200 g/mol. The lowest BCUT2D eigenvalue weighted by molar-refractivity contribution is 0.162. The number of nitrogens with zero attached hydrogens (tertiary/aromatic N) is 1. The topological polar surface area (TPSA) is 49.5 Å². The molecule has 84 valence electrons. The summed E-state index contributed by atoms with van der Waals surface area (Å²) >= 11 is 0. The van der Waals surface area contributed by atoms with Crippen LogP contribution in [0, 0.1) is 5.92 Å². The maximum absolute atomic E-state index is 9.00. The second kappa shape index (κ2) is 5.10. The summed E-state index contributed by atoms with van der Waals surface area (Å²) in [6.07, 6.45) is 5.06. The standard InChI is InChI=1S/C11H24N2O/c1-11(12,9-14)6-7-13(2)8-10-4-3-5-10/h10,14H,3-9,12H2,1-2H3. The molecule has 14 heavy (non-hydrogen) atoms. The Bertz CT molecular complexity index is 167. The molecule has 0 heterocycles. The summed E-state index contributed by atoms with van der Waals surface area (Å²) in [6, 6.07) is 0. The highest BCUT2D eigenvalue weighted by molar-refractivity contribution is 4.79. The number of hydrogen-bond acceptors (Lipinski definition) is 3. The van der Waals surface area contributed by atoms with Crippen LogP contribution in [0.5, 0.6) is 0 Å². The van der Waals surface area contributed by atoms with Crippen molar-refractivity contribution in [2.75, 3.05) is 26.7 Å². The molecule has 1 atom stereocenters. The van der Waals surface area contributed by atoms with E-state index in [1.165, 1.54) is 25.8 Å². The quantitative estimate of drug-likeness (QED) is 0.667. The van der Waals surface area contributed by atoms with Crippen molar-refractivity contribution in [3.05, 3.63) is 0 Å². The van der Waals surface area contributed by atoms with E-state index in [1.807, 2.05) is 6.92 Å². The summed E-state index contributed by atoms with van der Waals surface area (Å²) in [7, 11) is 2.14. The molecular weight excluding hydrogens is 176 g/mol. The smallest absolute Gasteiger partial charge is 0.0608 e. The van der Waals surface area contributed by atoms with Gasteiger partial charge in [0.15, 0.2) is 0 Å². The van der Waals surface area contributed by atoms with Crippen LogP contribution in [0.3, 0.4) is 0 Å². The van der Waals surface area contributed by atoms with Gasteiger partial charge in [0.25, 0.3) is 0 Å². The normalized spacial score (nSPS) is 22.1. The third-order valence-corrected chi connectivity index (χ3v) is 3.22. The fourth-order valence-corrected chi connectivity index (χ4v) is 1.73. The van der Waals surface area contributed by atoms with E-state index in [4.69, 9.17) is 10.8 Å². The van der Waals surface area contributed by atoms with Crippen molar-refractivity contribution in [2.45, 2.75) is 38.1 Å². The number of aliphatic hydroxyl groups is 1. The molecule has 0 bridgehead atoms. The Balaban J connectivity index is 2.10. The predicted molar refractivity (Wildman–Crippen MR) is 59.1 cm³/mol. The van der Waals surface area contributed by atoms with Crippen molar-refractivity contribution in [2.24, 2.45) is 11.7 Å². The van der Waals surface area contributed by atoms with Gasteiger partial charge in [-0.15, -0.1) is 0 Å². The molecule has 0 aromatic carbocycles. The molecule has 1 saturated carbocycles. The highest BCUT2D eigenvalue weighted by Gasteiger charge is 2.21. The molecule has 0 radical (unpaired) electrons. The van der Waals surface area contributed by atoms with Crippen molar-refractivity contribution in [1.82, 2.24) is 4.90 Å². The van der Waals surface area contributed by atoms with Gasteiger partial charge in [0, 0.05) is 12.1 Å². The molecule has 1 rings (SSSR count). The highest BCUT2D eigenvalue weighted by atomic mass is 16.3. The monoisotopic (exact) mass is 200 g/mol. The van der Waals surface area contributed by atoms with Crippen molar-refractivity contribution < 1.29 is 5.11 Å². The van der Waals surface area contributed by atoms with Crippen LogP contribution in [0.1, 0.15) is 32.6 Å². The lowest BCUT2D eigenvalue weighted by Gasteiger charge is -2.32. The van der Waals surface area contributed by atoms with Crippen LogP contribution in [0.4, 0.5) is 0 Å². The SMILES string of the molecule is CN(CCC(C)(N)CO)CC1CCC1. The fourth-order valence-electron chi connectivity index (χ4n) is 1.73. The van der Waals surface area contributed by atoms with Crippen LogP contribution in [-0.2, 0) is 0 Å². The Labute approximate surface area is 87.3 Å². The van der Waals surface area contributed by atoms with Gasteiger partial charge in [-0.3, -0.25) is 0 Å². The van der Waals surface area contributed by atoms with Crippen molar-refractivity contribution >= 4 is 0 Å². The second-order valence-electron chi connectivity index (χ2n) is 5.12. The number of aliphatic hydroxyl groups excluding tert-OH is 1. The maximum atomic E-state index is 9.00. The molecule has 0 amide bonds. The fraction of sp³-hybridized carbons (Fsp3) is 1.00. The van der Waals surface area contributed by atoms with Crippen molar-refractivity contribution in [1.29, 1.82) is 0 Å². The van der Waals surface area contributed by atoms with E-state index in [9.17, 15) is 0 Å². The lowest BCUT2D eigenvalue weighted by atomic mass is 9.85. The summed E-state index contributed by atoms with van der Waals surface area (Å²) in [6.45, 7) is 4.17. The molecule has 0 aliphatic heterocycles. The zero-order valence-electron chi connectivity index (χ0n) is 9.50. The zero-order valence-corrected chi connectivity index (χ0v) is 9.50. The summed E-state index contributed by atoms with van der Waals surface area (Å²) in [5.74, 6) is 0.915. The van der Waals surface area contributed by atoms with Gasteiger partial charge in [-0.25, -0.2) is 0 Å². The maximum Gasteiger partial charge on any atom is 0.0608 e. The van der Waals surface area contributed by atoms with Gasteiger partial charge in [0.2, 0.25) is 0 Å². The van der Waals surface area contributed by atoms with Crippen LogP contribution in [0.15, 0.2) is 0 Å². The van der Waals surface area contributed by atoms with Gasteiger partial charge >= 0.3 is 0 Å². The van der Waals surface area contributed by atoms with Gasteiger partial charge < -0.3 is 15.7 Å². The first-order valence-electron chi connectivity index (χ1n) is 5.62. The third kappa shape index (κ3) is 3.95. The van der Waals surface area contributed by atoms with Gasteiger partial charge in [-0.1, -0.05) is 6.42 Å². The molecule has 0 spiro atoms. The van der Waals surface area contributed by atoms with Crippen LogP contribution in [0.25, 0.3) is 0 Å². The first-order valence-corrected chi connectivity index (χ1v) is 5.62. The molecule has 1 fully saturated rings. The molecular formula is C11H24N2O. The van der Waals surface area contributed by atoms with Gasteiger partial charge in [0.05, 0.1) is 6.61 Å². The molecule has 0 aromatic heterocycles. The summed E-state index contributed by atoms with van der Waals surface area (Å²) in [5.41, 5.74) is 5.46. The molecule has 3 heteroatoms. The van der Waals surface area contributed by atoms with E-state index in [0.29, 0.717) is 0 Å². The number of nitrogens with two attached hydrogens (primary N) is 1. The van der Waals surface area contributed by atoms with Crippen molar-refractivity contribution in [3.63, 3.8) is 0 Å². The molecule has 0 saturated heterocycles. The third-order valence-electron chi connectivity index (χ3n) is 3.22. The van der Waals surface area contributed by atoms with Crippen LogP contribution in [0.2, 0.25) is 0 Å². The van der Waals surface area contributed by atoms with E-state index in [0.717, 1.165) is 18.9 Å².